The van der Waals surface area contributed by atoms with E-state index in [4.69, 9.17) is 14.1 Å². The highest BCUT2D eigenvalue weighted by molar-refractivity contribution is 6.77. The molecule has 2 atom stereocenters. The predicted molar refractivity (Wildman–Crippen MR) is 115 cm³/mol. The molecule has 1 fully saturated rings. The highest BCUT2D eigenvalue weighted by atomic mass is 28.4. The minimum Gasteiger partial charge on any atom is -0.469 e. The van der Waals surface area contributed by atoms with Crippen LogP contribution in [-0.4, -0.2) is 31.4 Å². The van der Waals surface area contributed by atoms with Crippen LogP contribution in [0, 0.1) is 5.92 Å². The fourth-order valence-corrected chi connectivity index (χ4v) is 10.6. The van der Waals surface area contributed by atoms with E-state index in [0.717, 1.165) is 37.2 Å². The van der Waals surface area contributed by atoms with E-state index in [2.05, 4.69) is 46.5 Å². The normalized spacial score (nSPS) is 20.8. The Balaban J connectivity index is 2.21. The summed E-state index contributed by atoms with van der Waals surface area (Å²) in [5, 5.41) is 0. The zero-order chi connectivity index (χ0) is 20.9. The zero-order valence-corrected chi connectivity index (χ0v) is 19.7. The maximum Gasteiger partial charge on any atom is 0.309 e. The summed E-state index contributed by atoms with van der Waals surface area (Å²) in [7, 11) is -0.474. The number of rotatable bonds is 8. The van der Waals surface area contributed by atoms with E-state index in [1.54, 1.807) is 0 Å². The molecule has 0 amide bonds. The van der Waals surface area contributed by atoms with Gasteiger partial charge in [0.2, 0.25) is 8.32 Å². The third kappa shape index (κ3) is 4.82. The van der Waals surface area contributed by atoms with Crippen molar-refractivity contribution in [1.29, 1.82) is 0 Å². The molecule has 0 radical (unpaired) electrons. The van der Waals surface area contributed by atoms with Crippen LogP contribution in [0.1, 0.15) is 84.7 Å². The van der Waals surface area contributed by atoms with Crippen LogP contribution in [0.3, 0.4) is 0 Å². The van der Waals surface area contributed by atoms with E-state index >= 15 is 0 Å². The fourth-order valence-electron chi connectivity index (χ4n) is 5.24. The first kappa shape index (κ1) is 23.0. The number of nitrogens with zero attached hydrogens (tertiary/aromatic N) is 2. The molecule has 0 bridgehead atoms. The second-order valence-electron chi connectivity index (χ2n) is 9.03. The lowest BCUT2D eigenvalue weighted by Crippen LogP contribution is -2.47. The molecule has 0 saturated heterocycles. The number of aromatic nitrogens is 2. The molecule has 6 heteroatoms. The highest BCUT2D eigenvalue weighted by Crippen LogP contribution is 2.43. The van der Waals surface area contributed by atoms with Crippen molar-refractivity contribution in [3.63, 3.8) is 0 Å². The monoisotopic (exact) mass is 406 g/mol. The highest BCUT2D eigenvalue weighted by Gasteiger charge is 2.45. The van der Waals surface area contributed by atoms with Crippen LogP contribution >= 0.6 is 0 Å². The number of hydrogen-bond acceptors (Lipinski definition) is 5. The maximum absolute atomic E-state index is 12.2. The second-order valence-corrected chi connectivity index (χ2v) is 14.5. The molecule has 28 heavy (non-hydrogen) atoms. The number of methoxy groups -OCH3 is 1. The molecule has 0 aliphatic heterocycles. The molecule has 0 spiro atoms. The molecule has 0 unspecified atom stereocenters. The van der Waals surface area contributed by atoms with Gasteiger partial charge < -0.3 is 9.16 Å². The molecule has 158 valence electrons. The van der Waals surface area contributed by atoms with Crippen molar-refractivity contribution in [3.05, 3.63) is 23.8 Å². The smallest absolute Gasteiger partial charge is 0.309 e. The van der Waals surface area contributed by atoms with Crippen molar-refractivity contribution in [3.8, 4) is 0 Å². The van der Waals surface area contributed by atoms with Gasteiger partial charge in [0.25, 0.3) is 0 Å². The van der Waals surface area contributed by atoms with Gasteiger partial charge in [0, 0.05) is 12.1 Å². The molecule has 1 heterocycles. The Hall–Kier alpha value is -1.27. The molecule has 1 aromatic heterocycles. The van der Waals surface area contributed by atoms with Crippen LogP contribution in [0.4, 0.5) is 0 Å². The van der Waals surface area contributed by atoms with Crippen LogP contribution in [0.5, 0.6) is 0 Å². The molecule has 1 saturated carbocycles. The maximum atomic E-state index is 12.2. The molecule has 5 nitrogen and oxygen atoms in total. The molecular formula is C22H38N2O3Si. The van der Waals surface area contributed by atoms with E-state index in [-0.39, 0.29) is 17.8 Å². The Morgan fingerprint density at radius 2 is 1.71 bits per heavy atom. The van der Waals surface area contributed by atoms with E-state index in [0.29, 0.717) is 23.2 Å². The zero-order valence-electron chi connectivity index (χ0n) is 18.7. The largest absolute Gasteiger partial charge is 0.469 e. The summed E-state index contributed by atoms with van der Waals surface area (Å²) in [6.07, 6.45) is 5.77. The van der Waals surface area contributed by atoms with Crippen LogP contribution in [0.2, 0.25) is 16.6 Å². The van der Waals surface area contributed by atoms with Crippen molar-refractivity contribution >= 4 is 14.3 Å². The van der Waals surface area contributed by atoms with E-state index in [9.17, 15) is 4.79 Å². The third-order valence-corrected chi connectivity index (χ3v) is 12.6. The van der Waals surface area contributed by atoms with Gasteiger partial charge in [-0.05, 0) is 35.5 Å². The van der Waals surface area contributed by atoms with Crippen LogP contribution in [0.15, 0.2) is 12.3 Å². The molecule has 0 N–H and O–H groups in total. The summed E-state index contributed by atoms with van der Waals surface area (Å²) in [5.74, 6) is 0.539. The predicted octanol–water partition coefficient (Wildman–Crippen LogP) is 5.62. The van der Waals surface area contributed by atoms with Gasteiger partial charge in [-0.15, -0.1) is 0 Å². The molecule has 0 aromatic carbocycles. The van der Waals surface area contributed by atoms with Gasteiger partial charge >= 0.3 is 5.97 Å². The number of esters is 1. The third-order valence-electron chi connectivity index (χ3n) is 6.51. The van der Waals surface area contributed by atoms with Gasteiger partial charge in [-0.1, -0.05) is 54.4 Å². The average Bonchev–Trinajstić information content (AvgIpc) is 2.67. The lowest BCUT2D eigenvalue weighted by Gasteiger charge is -2.42. The molecule has 1 aliphatic rings. The van der Waals surface area contributed by atoms with Gasteiger partial charge in [-0.2, -0.15) is 0 Å². The molecule has 2 rings (SSSR count). The lowest BCUT2D eigenvalue weighted by atomic mass is 9.78. The molecular weight excluding hydrogens is 368 g/mol. The summed E-state index contributed by atoms with van der Waals surface area (Å²) < 4.78 is 11.7. The summed E-state index contributed by atoms with van der Waals surface area (Å²) in [6, 6.07) is 1.94. The van der Waals surface area contributed by atoms with E-state index in [1.807, 2.05) is 12.3 Å². The lowest BCUT2D eigenvalue weighted by molar-refractivity contribution is -0.147. The van der Waals surface area contributed by atoms with Gasteiger partial charge in [0.15, 0.2) is 0 Å². The summed E-state index contributed by atoms with van der Waals surface area (Å²) in [5.41, 5.74) is 2.53. The SMILES string of the molecule is COC(=O)[C@H]1CCCC[C@@H]1c1nccc(CO[Si](C(C)C)(C(C)C)C(C)C)n1. The molecule has 1 aliphatic carbocycles. The first-order valence-electron chi connectivity index (χ1n) is 10.8. The van der Waals surface area contributed by atoms with Crippen LogP contribution in [-0.2, 0) is 20.6 Å². The van der Waals surface area contributed by atoms with Gasteiger partial charge in [0.05, 0.1) is 25.3 Å². The van der Waals surface area contributed by atoms with Crippen molar-refractivity contribution < 1.29 is 14.0 Å². The number of carbonyl (C=O) groups is 1. The fraction of sp³-hybridized carbons (Fsp3) is 0.773. The molecule has 1 aromatic rings. The van der Waals surface area contributed by atoms with Gasteiger partial charge in [-0.25, -0.2) is 9.97 Å². The van der Waals surface area contributed by atoms with Crippen molar-refractivity contribution in [2.75, 3.05) is 7.11 Å². The van der Waals surface area contributed by atoms with Crippen LogP contribution < -0.4 is 0 Å². The van der Waals surface area contributed by atoms with Crippen molar-refractivity contribution in [2.24, 2.45) is 5.92 Å². The van der Waals surface area contributed by atoms with Gasteiger partial charge in [0.1, 0.15) is 5.82 Å². The van der Waals surface area contributed by atoms with E-state index in [1.165, 1.54) is 7.11 Å². The van der Waals surface area contributed by atoms with Crippen molar-refractivity contribution in [1.82, 2.24) is 9.97 Å². The average molecular weight is 407 g/mol. The second kappa shape index (κ2) is 9.97. The summed E-state index contributed by atoms with van der Waals surface area (Å²) in [4.78, 5) is 21.6. The van der Waals surface area contributed by atoms with E-state index < -0.39 is 8.32 Å². The Morgan fingerprint density at radius 3 is 2.29 bits per heavy atom. The van der Waals surface area contributed by atoms with Crippen molar-refractivity contribution in [2.45, 2.75) is 96.4 Å². The van der Waals surface area contributed by atoms with Crippen LogP contribution in [0.25, 0.3) is 0 Å². The quantitative estimate of drug-likeness (QED) is 0.414. The standard InChI is InChI=1S/C22H38N2O3Si/c1-15(2)28(16(3)4,17(5)6)27-14-18-12-13-23-21(24-18)19-10-8-9-11-20(19)22(25)26-7/h12-13,15-17,19-20H,8-11,14H2,1-7H3/t19-,20-/m0/s1. The minimum absolute atomic E-state index is 0.0449. The Morgan fingerprint density at radius 1 is 1.11 bits per heavy atom. The Kier molecular flexibility index (Phi) is 8.19. The Bertz CT molecular complexity index is 627. The Labute approximate surface area is 171 Å². The summed E-state index contributed by atoms with van der Waals surface area (Å²) >= 11 is 0. The minimum atomic E-state index is -1.94. The number of ether oxygens (including phenoxy) is 1. The number of hydrogen-bond donors (Lipinski definition) is 0. The topological polar surface area (TPSA) is 61.3 Å². The number of carbonyl (C=O) groups excluding carboxylic acids is 1. The summed E-state index contributed by atoms with van der Waals surface area (Å²) in [6.45, 7) is 14.3. The van der Waals surface area contributed by atoms with Gasteiger partial charge in [-0.3, -0.25) is 4.79 Å². The first-order chi connectivity index (χ1) is 13.2. The first-order valence-corrected chi connectivity index (χ1v) is 12.9.